The molecular weight excluding hydrogens is 389 g/mol. The normalized spacial score (nSPS) is 11.1. The molecular formula is C13H14IN3O2S. The molecule has 1 aromatic heterocycles. The summed E-state index contributed by atoms with van der Waals surface area (Å²) in [6, 6.07) is 10.5. The summed E-state index contributed by atoms with van der Waals surface area (Å²) in [5.74, 6) is 0. The highest BCUT2D eigenvalue weighted by molar-refractivity contribution is 14.1. The van der Waals surface area contributed by atoms with E-state index in [1.54, 1.807) is 30.3 Å². The van der Waals surface area contributed by atoms with Gasteiger partial charge < -0.3 is 5.32 Å². The van der Waals surface area contributed by atoms with Gasteiger partial charge in [0.1, 0.15) is 0 Å². The van der Waals surface area contributed by atoms with Gasteiger partial charge in [0.15, 0.2) is 5.03 Å². The van der Waals surface area contributed by atoms with Crippen LogP contribution in [0.1, 0.15) is 6.92 Å². The number of hydrogen-bond acceptors (Lipinski definition) is 4. The SMILES string of the molecule is CCNc1cccnc1S(=O)(=O)Nc1cccc(I)c1. The van der Waals surface area contributed by atoms with Crippen molar-refractivity contribution in [3.63, 3.8) is 0 Å². The van der Waals surface area contributed by atoms with E-state index in [0.717, 1.165) is 3.57 Å². The summed E-state index contributed by atoms with van der Waals surface area (Å²) in [5, 5.41) is 3.00. The topological polar surface area (TPSA) is 71.1 Å². The maximum absolute atomic E-state index is 12.4. The minimum Gasteiger partial charge on any atom is -0.383 e. The maximum atomic E-state index is 12.4. The number of nitrogens with zero attached hydrogens (tertiary/aromatic N) is 1. The molecule has 7 heteroatoms. The van der Waals surface area contributed by atoms with Gasteiger partial charge in [-0.2, -0.15) is 8.42 Å². The Bertz CT molecular complexity index is 704. The Hall–Kier alpha value is -1.35. The van der Waals surface area contributed by atoms with Crippen molar-refractivity contribution in [2.75, 3.05) is 16.6 Å². The van der Waals surface area contributed by atoms with Gasteiger partial charge in [0.25, 0.3) is 10.0 Å². The van der Waals surface area contributed by atoms with Crippen molar-refractivity contribution in [1.82, 2.24) is 4.98 Å². The van der Waals surface area contributed by atoms with E-state index in [4.69, 9.17) is 0 Å². The molecule has 1 aromatic carbocycles. The molecule has 0 bridgehead atoms. The quantitative estimate of drug-likeness (QED) is 0.754. The lowest BCUT2D eigenvalue weighted by atomic mass is 10.3. The minimum atomic E-state index is -3.71. The Morgan fingerprint density at radius 2 is 2.05 bits per heavy atom. The first kappa shape index (κ1) is 15.0. The lowest BCUT2D eigenvalue weighted by Gasteiger charge is -2.12. The predicted octanol–water partition coefficient (Wildman–Crippen LogP) is 2.92. The molecule has 20 heavy (non-hydrogen) atoms. The first-order valence-corrected chi connectivity index (χ1v) is 8.56. The van der Waals surface area contributed by atoms with Crippen molar-refractivity contribution in [3.05, 3.63) is 46.2 Å². The van der Waals surface area contributed by atoms with Crippen molar-refractivity contribution < 1.29 is 8.42 Å². The van der Waals surface area contributed by atoms with Crippen LogP contribution < -0.4 is 10.0 Å². The molecule has 0 aliphatic rings. The Balaban J connectivity index is 2.36. The summed E-state index contributed by atoms with van der Waals surface area (Å²) in [6.45, 7) is 2.52. The second-order valence-electron chi connectivity index (χ2n) is 4.00. The number of benzene rings is 1. The zero-order valence-electron chi connectivity index (χ0n) is 10.8. The molecule has 1 heterocycles. The molecule has 0 aliphatic heterocycles. The Kier molecular flexibility index (Phi) is 4.81. The molecule has 5 nitrogen and oxygen atoms in total. The van der Waals surface area contributed by atoms with Crippen molar-refractivity contribution in [2.45, 2.75) is 11.9 Å². The van der Waals surface area contributed by atoms with Crippen LogP contribution in [0.15, 0.2) is 47.6 Å². The van der Waals surface area contributed by atoms with E-state index < -0.39 is 10.0 Å². The third-order valence-electron chi connectivity index (χ3n) is 2.47. The summed E-state index contributed by atoms with van der Waals surface area (Å²) >= 11 is 2.13. The number of hydrogen-bond donors (Lipinski definition) is 2. The highest BCUT2D eigenvalue weighted by atomic mass is 127. The summed E-state index contributed by atoms with van der Waals surface area (Å²) < 4.78 is 28.3. The van der Waals surface area contributed by atoms with E-state index in [2.05, 4.69) is 37.6 Å². The van der Waals surface area contributed by atoms with Crippen molar-refractivity contribution in [2.24, 2.45) is 0 Å². The van der Waals surface area contributed by atoms with Crippen LogP contribution in [0.3, 0.4) is 0 Å². The molecule has 2 aromatic rings. The number of pyridine rings is 1. The molecule has 0 unspecified atom stereocenters. The van der Waals surface area contributed by atoms with E-state index in [0.29, 0.717) is 17.9 Å². The van der Waals surface area contributed by atoms with Crippen molar-refractivity contribution in [1.29, 1.82) is 0 Å². The van der Waals surface area contributed by atoms with E-state index in [1.165, 1.54) is 6.20 Å². The average molecular weight is 403 g/mol. The van der Waals surface area contributed by atoms with Crippen LogP contribution in [-0.2, 0) is 10.0 Å². The number of anilines is 2. The van der Waals surface area contributed by atoms with Crippen LogP contribution in [0.5, 0.6) is 0 Å². The van der Waals surface area contributed by atoms with Crippen molar-refractivity contribution >= 4 is 44.0 Å². The second-order valence-corrected chi connectivity index (χ2v) is 6.85. The predicted molar refractivity (Wildman–Crippen MR) is 88.4 cm³/mol. The molecule has 0 radical (unpaired) electrons. The zero-order valence-corrected chi connectivity index (χ0v) is 13.8. The zero-order chi connectivity index (χ0) is 14.6. The van der Waals surface area contributed by atoms with E-state index in [1.807, 2.05) is 13.0 Å². The fourth-order valence-corrected chi connectivity index (χ4v) is 3.39. The molecule has 106 valence electrons. The van der Waals surface area contributed by atoms with Crippen LogP contribution in [-0.4, -0.2) is 19.9 Å². The van der Waals surface area contributed by atoms with Gasteiger partial charge in [0, 0.05) is 22.0 Å². The molecule has 0 saturated carbocycles. The van der Waals surface area contributed by atoms with Crippen LogP contribution in [0.25, 0.3) is 0 Å². The Morgan fingerprint density at radius 3 is 2.75 bits per heavy atom. The van der Waals surface area contributed by atoms with Crippen LogP contribution in [0.2, 0.25) is 0 Å². The molecule has 0 aliphatic carbocycles. The lowest BCUT2D eigenvalue weighted by Crippen LogP contribution is -2.17. The molecule has 0 saturated heterocycles. The van der Waals surface area contributed by atoms with Gasteiger partial charge in [0.2, 0.25) is 0 Å². The molecule has 2 rings (SSSR count). The molecule has 0 fully saturated rings. The van der Waals surface area contributed by atoms with E-state index in [9.17, 15) is 8.42 Å². The van der Waals surface area contributed by atoms with Crippen LogP contribution in [0.4, 0.5) is 11.4 Å². The van der Waals surface area contributed by atoms with Gasteiger partial charge in [-0.15, -0.1) is 0 Å². The standard InChI is InChI=1S/C13H14IN3O2S/c1-2-15-12-7-4-8-16-13(12)20(18,19)17-11-6-3-5-10(14)9-11/h3-9,15,17H,2H2,1H3. The highest BCUT2D eigenvalue weighted by Gasteiger charge is 2.20. The Labute approximate surface area is 132 Å². The number of sulfonamides is 1. The fraction of sp³-hybridized carbons (Fsp3) is 0.154. The lowest BCUT2D eigenvalue weighted by molar-refractivity contribution is 0.598. The summed E-state index contributed by atoms with van der Waals surface area (Å²) in [7, 11) is -3.71. The second kappa shape index (κ2) is 6.40. The monoisotopic (exact) mass is 403 g/mol. The van der Waals surface area contributed by atoms with Crippen LogP contribution in [0, 0.1) is 3.57 Å². The summed E-state index contributed by atoms with van der Waals surface area (Å²) in [5.41, 5.74) is 1.01. The van der Waals surface area contributed by atoms with E-state index >= 15 is 0 Å². The number of aromatic nitrogens is 1. The molecule has 0 amide bonds. The average Bonchev–Trinajstić information content (AvgIpc) is 2.39. The molecule has 2 N–H and O–H groups in total. The smallest absolute Gasteiger partial charge is 0.281 e. The van der Waals surface area contributed by atoms with E-state index in [-0.39, 0.29) is 5.03 Å². The molecule has 0 spiro atoms. The summed E-state index contributed by atoms with van der Waals surface area (Å²) in [4.78, 5) is 3.97. The largest absolute Gasteiger partial charge is 0.383 e. The third kappa shape index (κ3) is 3.60. The third-order valence-corrected chi connectivity index (χ3v) is 4.48. The summed E-state index contributed by atoms with van der Waals surface area (Å²) in [6.07, 6.45) is 1.46. The first-order valence-electron chi connectivity index (χ1n) is 6.00. The molecule has 0 atom stereocenters. The van der Waals surface area contributed by atoms with Crippen molar-refractivity contribution in [3.8, 4) is 0 Å². The van der Waals surface area contributed by atoms with Gasteiger partial charge in [-0.25, -0.2) is 4.98 Å². The number of rotatable bonds is 5. The number of nitrogens with one attached hydrogen (secondary N) is 2. The van der Waals surface area contributed by atoms with Gasteiger partial charge >= 0.3 is 0 Å². The number of halogens is 1. The fourth-order valence-electron chi connectivity index (χ4n) is 1.69. The Morgan fingerprint density at radius 1 is 1.25 bits per heavy atom. The van der Waals surface area contributed by atoms with Crippen LogP contribution >= 0.6 is 22.6 Å². The maximum Gasteiger partial charge on any atom is 0.281 e. The van der Waals surface area contributed by atoms with Gasteiger partial charge in [-0.1, -0.05) is 6.07 Å². The van der Waals surface area contributed by atoms with Gasteiger partial charge in [-0.05, 0) is 59.8 Å². The highest BCUT2D eigenvalue weighted by Crippen LogP contribution is 2.22. The van der Waals surface area contributed by atoms with Gasteiger partial charge in [-0.3, -0.25) is 4.72 Å². The minimum absolute atomic E-state index is 0.000659. The first-order chi connectivity index (χ1) is 9.53. The van der Waals surface area contributed by atoms with Gasteiger partial charge in [0.05, 0.1) is 5.69 Å².